The second kappa shape index (κ2) is 11.0. The first-order valence-corrected chi connectivity index (χ1v) is 12.4. The molecule has 0 aromatic heterocycles. The molecule has 0 fully saturated rings. The van der Waals surface area contributed by atoms with Gasteiger partial charge in [-0.1, -0.05) is 32.0 Å². The summed E-state index contributed by atoms with van der Waals surface area (Å²) in [4.78, 5) is 29.2. The number of benzene rings is 3. The third-order valence-corrected chi connectivity index (χ3v) is 7.05. The van der Waals surface area contributed by atoms with E-state index in [0.717, 1.165) is 5.56 Å². The standard InChI is InChI=1S/C30H34N2O6/c1-17(2)18-8-11-20(12-9-18)31-29(33)27-21-15-25(37-6)26(38-7)16-22(21)30(34)32(3)28(27)19-10-13-23(35-4)24(14-19)36-5/h8-17,27-28H,1-7H3,(H,31,33)/t27-,28-/m0/s1. The smallest absolute Gasteiger partial charge is 0.254 e. The van der Waals surface area contributed by atoms with Gasteiger partial charge in [-0.3, -0.25) is 9.59 Å². The van der Waals surface area contributed by atoms with E-state index in [0.29, 0.717) is 45.7 Å². The number of hydrogen-bond donors (Lipinski definition) is 1. The first kappa shape index (κ1) is 26.9. The Morgan fingerprint density at radius 3 is 1.97 bits per heavy atom. The van der Waals surface area contributed by atoms with Crippen molar-refractivity contribution in [3.63, 3.8) is 0 Å². The van der Waals surface area contributed by atoms with Crippen LogP contribution >= 0.6 is 0 Å². The van der Waals surface area contributed by atoms with Gasteiger partial charge >= 0.3 is 0 Å². The summed E-state index contributed by atoms with van der Waals surface area (Å²) in [5.41, 5.74) is 3.52. The Bertz CT molecular complexity index is 1340. The molecule has 38 heavy (non-hydrogen) atoms. The number of fused-ring (bicyclic) bond motifs is 1. The van der Waals surface area contributed by atoms with Gasteiger partial charge in [-0.15, -0.1) is 0 Å². The minimum atomic E-state index is -0.754. The van der Waals surface area contributed by atoms with Crippen LogP contribution in [-0.2, 0) is 4.79 Å². The van der Waals surface area contributed by atoms with E-state index in [9.17, 15) is 9.59 Å². The zero-order chi connectivity index (χ0) is 27.6. The Kier molecular flexibility index (Phi) is 7.80. The van der Waals surface area contributed by atoms with Crippen LogP contribution < -0.4 is 24.3 Å². The fourth-order valence-electron chi connectivity index (χ4n) is 4.96. The summed E-state index contributed by atoms with van der Waals surface area (Å²) in [6, 6.07) is 16.0. The van der Waals surface area contributed by atoms with Crippen molar-refractivity contribution in [1.29, 1.82) is 0 Å². The van der Waals surface area contributed by atoms with E-state index in [1.165, 1.54) is 19.8 Å². The van der Waals surface area contributed by atoms with E-state index >= 15 is 0 Å². The van der Waals surface area contributed by atoms with Crippen LogP contribution in [0.5, 0.6) is 23.0 Å². The summed E-state index contributed by atoms with van der Waals surface area (Å²) in [7, 11) is 7.84. The van der Waals surface area contributed by atoms with Crippen LogP contribution in [-0.4, -0.2) is 52.2 Å². The van der Waals surface area contributed by atoms with Gasteiger partial charge in [0.15, 0.2) is 23.0 Å². The number of carbonyl (C=O) groups is 2. The van der Waals surface area contributed by atoms with Crippen molar-refractivity contribution in [2.45, 2.75) is 31.7 Å². The molecule has 1 heterocycles. The van der Waals surface area contributed by atoms with Gasteiger partial charge in [0.05, 0.1) is 40.4 Å². The number of nitrogens with zero attached hydrogens (tertiary/aromatic N) is 1. The van der Waals surface area contributed by atoms with Crippen LogP contribution in [0.2, 0.25) is 0 Å². The molecular weight excluding hydrogens is 484 g/mol. The lowest BCUT2D eigenvalue weighted by Gasteiger charge is -2.40. The lowest BCUT2D eigenvalue weighted by atomic mass is 9.79. The molecule has 1 N–H and O–H groups in total. The largest absolute Gasteiger partial charge is 0.493 e. The third-order valence-electron chi connectivity index (χ3n) is 7.05. The number of carbonyl (C=O) groups excluding carboxylic acids is 2. The number of likely N-dealkylation sites (N-methyl/N-ethyl adjacent to an activating group) is 1. The van der Waals surface area contributed by atoms with Crippen molar-refractivity contribution in [1.82, 2.24) is 4.90 Å². The molecule has 200 valence electrons. The molecule has 1 aliphatic heterocycles. The number of rotatable bonds is 8. The maximum absolute atomic E-state index is 14.0. The average molecular weight is 519 g/mol. The summed E-state index contributed by atoms with van der Waals surface area (Å²) < 4.78 is 21.9. The average Bonchev–Trinajstić information content (AvgIpc) is 2.93. The van der Waals surface area contributed by atoms with Gasteiger partial charge in [0, 0.05) is 18.3 Å². The summed E-state index contributed by atoms with van der Waals surface area (Å²) in [5.74, 6) is 1.05. The van der Waals surface area contributed by atoms with Crippen LogP contribution in [0.15, 0.2) is 54.6 Å². The molecule has 3 aromatic carbocycles. The second-order valence-corrected chi connectivity index (χ2v) is 9.51. The van der Waals surface area contributed by atoms with Crippen molar-refractivity contribution >= 4 is 17.5 Å². The van der Waals surface area contributed by atoms with Crippen molar-refractivity contribution in [2.75, 3.05) is 40.8 Å². The summed E-state index contributed by atoms with van der Waals surface area (Å²) in [5, 5.41) is 3.07. The molecule has 0 aliphatic carbocycles. The van der Waals surface area contributed by atoms with E-state index in [1.807, 2.05) is 30.3 Å². The van der Waals surface area contributed by atoms with Gasteiger partial charge in [0.1, 0.15) is 0 Å². The molecule has 0 saturated heterocycles. The molecule has 8 heteroatoms. The van der Waals surface area contributed by atoms with Crippen LogP contribution in [0.25, 0.3) is 0 Å². The fourth-order valence-corrected chi connectivity index (χ4v) is 4.96. The molecule has 1 aliphatic rings. The number of amides is 2. The number of methoxy groups -OCH3 is 4. The van der Waals surface area contributed by atoms with Crippen molar-refractivity contribution in [3.8, 4) is 23.0 Å². The monoisotopic (exact) mass is 518 g/mol. The molecule has 0 unspecified atom stereocenters. The summed E-state index contributed by atoms with van der Waals surface area (Å²) in [6.45, 7) is 4.24. The van der Waals surface area contributed by atoms with Gasteiger partial charge in [-0.05, 0) is 59.0 Å². The maximum atomic E-state index is 14.0. The van der Waals surface area contributed by atoms with Gasteiger partial charge in [-0.25, -0.2) is 0 Å². The number of nitrogens with one attached hydrogen (secondary N) is 1. The summed E-state index contributed by atoms with van der Waals surface area (Å²) >= 11 is 0. The number of ether oxygens (including phenoxy) is 4. The van der Waals surface area contributed by atoms with Crippen molar-refractivity contribution in [3.05, 3.63) is 76.9 Å². The first-order chi connectivity index (χ1) is 18.2. The van der Waals surface area contributed by atoms with Crippen molar-refractivity contribution < 1.29 is 28.5 Å². The SMILES string of the molecule is COc1ccc([C@H]2[C@@H](C(=O)Nc3ccc(C(C)C)cc3)c3cc(OC)c(OC)cc3C(=O)N2C)cc1OC. The maximum Gasteiger partial charge on any atom is 0.254 e. The molecule has 0 bridgehead atoms. The Morgan fingerprint density at radius 2 is 1.39 bits per heavy atom. The zero-order valence-electron chi connectivity index (χ0n) is 22.8. The fraction of sp³-hybridized carbons (Fsp3) is 0.333. The molecule has 0 spiro atoms. The highest BCUT2D eigenvalue weighted by Crippen LogP contribution is 2.47. The van der Waals surface area contributed by atoms with E-state index in [4.69, 9.17) is 18.9 Å². The molecule has 0 saturated carbocycles. The van der Waals surface area contributed by atoms with Crippen LogP contribution in [0.1, 0.15) is 58.8 Å². The van der Waals surface area contributed by atoms with Gasteiger partial charge < -0.3 is 29.2 Å². The van der Waals surface area contributed by atoms with Gasteiger partial charge in [0.25, 0.3) is 5.91 Å². The van der Waals surface area contributed by atoms with Crippen LogP contribution in [0, 0.1) is 0 Å². The molecular formula is C30H34N2O6. The molecule has 8 nitrogen and oxygen atoms in total. The second-order valence-electron chi connectivity index (χ2n) is 9.51. The highest BCUT2D eigenvalue weighted by Gasteiger charge is 2.44. The highest BCUT2D eigenvalue weighted by atomic mass is 16.5. The van der Waals surface area contributed by atoms with Gasteiger partial charge in [-0.2, -0.15) is 0 Å². The lowest BCUT2D eigenvalue weighted by Crippen LogP contribution is -2.44. The quantitative estimate of drug-likeness (QED) is 0.430. The van der Waals surface area contributed by atoms with E-state index in [2.05, 4.69) is 19.2 Å². The molecule has 2 amide bonds. The zero-order valence-corrected chi connectivity index (χ0v) is 22.8. The molecule has 4 rings (SSSR count). The third kappa shape index (κ3) is 4.86. The first-order valence-electron chi connectivity index (χ1n) is 12.4. The highest BCUT2D eigenvalue weighted by molar-refractivity contribution is 6.05. The molecule has 0 radical (unpaired) electrons. The number of anilines is 1. The van der Waals surface area contributed by atoms with Crippen molar-refractivity contribution in [2.24, 2.45) is 0 Å². The lowest BCUT2D eigenvalue weighted by molar-refractivity contribution is -0.119. The summed E-state index contributed by atoms with van der Waals surface area (Å²) in [6.07, 6.45) is 0. The predicted octanol–water partition coefficient (Wildman–Crippen LogP) is 5.39. The molecule has 3 aromatic rings. The molecule has 2 atom stereocenters. The Balaban J connectivity index is 1.86. The minimum Gasteiger partial charge on any atom is -0.493 e. The predicted molar refractivity (Wildman–Crippen MR) is 146 cm³/mol. The topological polar surface area (TPSA) is 86.3 Å². The van der Waals surface area contributed by atoms with E-state index < -0.39 is 12.0 Å². The van der Waals surface area contributed by atoms with E-state index in [1.54, 1.807) is 50.4 Å². The normalized spacial score (nSPS) is 16.6. The van der Waals surface area contributed by atoms with Crippen LogP contribution in [0.3, 0.4) is 0 Å². The Labute approximate surface area is 223 Å². The number of hydrogen-bond acceptors (Lipinski definition) is 6. The van der Waals surface area contributed by atoms with Gasteiger partial charge in [0.2, 0.25) is 5.91 Å². The Morgan fingerprint density at radius 1 is 0.816 bits per heavy atom. The Hall–Kier alpha value is -4.20. The minimum absolute atomic E-state index is 0.230. The van der Waals surface area contributed by atoms with Crippen LogP contribution in [0.4, 0.5) is 5.69 Å². The van der Waals surface area contributed by atoms with E-state index in [-0.39, 0.29) is 11.8 Å².